The third-order valence-corrected chi connectivity index (χ3v) is 5.91. The van der Waals surface area contributed by atoms with Crippen LogP contribution in [-0.4, -0.2) is 38.4 Å². The second-order valence-electron chi connectivity index (χ2n) is 5.34. The predicted molar refractivity (Wildman–Crippen MR) is 87.9 cm³/mol. The Balaban J connectivity index is 2.07. The molecule has 0 saturated carbocycles. The van der Waals surface area contributed by atoms with Crippen LogP contribution in [0.4, 0.5) is 0 Å². The van der Waals surface area contributed by atoms with E-state index in [1.807, 2.05) is 18.4 Å². The molecule has 1 atom stereocenters. The summed E-state index contributed by atoms with van der Waals surface area (Å²) in [5.41, 5.74) is 1.18. The zero-order valence-corrected chi connectivity index (χ0v) is 14.6. The third-order valence-electron chi connectivity index (χ3n) is 3.63. The van der Waals surface area contributed by atoms with E-state index in [4.69, 9.17) is 0 Å². The van der Waals surface area contributed by atoms with Crippen molar-refractivity contribution in [1.82, 2.24) is 14.3 Å². The summed E-state index contributed by atoms with van der Waals surface area (Å²) in [5.74, 6) is -0.139. The Morgan fingerprint density at radius 2 is 2.23 bits per heavy atom. The van der Waals surface area contributed by atoms with E-state index in [9.17, 15) is 13.2 Å². The molecule has 2 heterocycles. The molecule has 8 heteroatoms. The van der Waals surface area contributed by atoms with E-state index in [-0.39, 0.29) is 5.91 Å². The van der Waals surface area contributed by atoms with E-state index in [2.05, 4.69) is 9.44 Å². The molecule has 0 radical (unpaired) electrons. The molecule has 1 aromatic rings. The number of nitrogens with one attached hydrogen (secondary N) is 2. The smallest absolute Gasteiger partial charge is 0.277 e. The highest BCUT2D eigenvalue weighted by Crippen LogP contribution is 2.24. The van der Waals surface area contributed by atoms with Crippen molar-refractivity contribution in [2.24, 2.45) is 0 Å². The minimum absolute atomic E-state index is 0.139. The van der Waals surface area contributed by atoms with E-state index < -0.39 is 16.3 Å². The molecule has 0 fully saturated rings. The fourth-order valence-electron chi connectivity index (χ4n) is 2.60. The van der Waals surface area contributed by atoms with Crippen molar-refractivity contribution in [2.75, 3.05) is 13.1 Å². The van der Waals surface area contributed by atoms with Crippen LogP contribution in [0.2, 0.25) is 0 Å². The predicted octanol–water partition coefficient (Wildman–Crippen LogP) is 1.25. The van der Waals surface area contributed by atoms with Gasteiger partial charge in [0.25, 0.3) is 10.2 Å². The first-order valence-corrected chi connectivity index (χ1v) is 9.94. The molecule has 0 unspecified atom stereocenters. The number of thiophene rings is 1. The van der Waals surface area contributed by atoms with Crippen molar-refractivity contribution < 1.29 is 13.2 Å². The molecule has 2 rings (SSSR count). The summed E-state index contributed by atoms with van der Waals surface area (Å²) in [4.78, 5) is 15.8. The van der Waals surface area contributed by atoms with Crippen LogP contribution in [0.3, 0.4) is 0 Å². The van der Waals surface area contributed by atoms with Gasteiger partial charge in [-0.3, -0.25) is 4.79 Å². The SMILES string of the molecule is CCC[C@H](NS(=O)(=O)NCC)C(=O)N1CCc2sccc2C1. The van der Waals surface area contributed by atoms with E-state index in [1.54, 1.807) is 23.2 Å². The van der Waals surface area contributed by atoms with Crippen molar-refractivity contribution in [2.45, 2.75) is 45.7 Å². The molecular formula is C14H23N3O3S2. The lowest BCUT2D eigenvalue weighted by Gasteiger charge is -2.30. The summed E-state index contributed by atoms with van der Waals surface area (Å²) in [6.07, 6.45) is 2.08. The Morgan fingerprint density at radius 1 is 1.45 bits per heavy atom. The summed E-state index contributed by atoms with van der Waals surface area (Å²) in [7, 11) is -3.63. The van der Waals surface area contributed by atoms with Crippen molar-refractivity contribution >= 4 is 27.5 Å². The molecule has 1 aromatic heterocycles. The van der Waals surface area contributed by atoms with Gasteiger partial charge in [-0.2, -0.15) is 13.1 Å². The summed E-state index contributed by atoms with van der Waals surface area (Å²) in [6.45, 7) is 5.16. The average Bonchev–Trinajstić information content (AvgIpc) is 2.93. The minimum atomic E-state index is -3.63. The van der Waals surface area contributed by atoms with Crippen LogP contribution >= 0.6 is 11.3 Å². The van der Waals surface area contributed by atoms with Gasteiger partial charge in [0.05, 0.1) is 0 Å². The van der Waals surface area contributed by atoms with Gasteiger partial charge in [-0.05, 0) is 29.9 Å². The monoisotopic (exact) mass is 345 g/mol. The molecule has 2 N–H and O–H groups in total. The molecule has 1 amide bonds. The Hall–Kier alpha value is -0.960. The Bertz CT molecular complexity index is 613. The second-order valence-corrected chi connectivity index (χ2v) is 7.87. The van der Waals surface area contributed by atoms with Crippen LogP contribution in [0.25, 0.3) is 0 Å². The molecule has 22 heavy (non-hydrogen) atoms. The number of amides is 1. The first kappa shape index (κ1) is 17.4. The molecule has 1 aliphatic rings. The molecule has 0 spiro atoms. The molecule has 0 bridgehead atoms. The summed E-state index contributed by atoms with van der Waals surface area (Å²) >= 11 is 1.71. The highest BCUT2D eigenvalue weighted by atomic mass is 32.2. The van der Waals surface area contributed by atoms with E-state index in [1.165, 1.54) is 10.4 Å². The van der Waals surface area contributed by atoms with E-state index in [0.29, 0.717) is 26.1 Å². The summed E-state index contributed by atoms with van der Waals surface area (Å²) < 4.78 is 28.6. The van der Waals surface area contributed by atoms with Gasteiger partial charge >= 0.3 is 0 Å². The average molecular weight is 345 g/mol. The normalized spacial score (nSPS) is 16.4. The van der Waals surface area contributed by atoms with Gasteiger partial charge < -0.3 is 4.90 Å². The number of nitrogens with zero attached hydrogens (tertiary/aromatic N) is 1. The first-order valence-electron chi connectivity index (χ1n) is 7.57. The number of hydrogen-bond donors (Lipinski definition) is 2. The minimum Gasteiger partial charge on any atom is -0.337 e. The van der Waals surface area contributed by atoms with Crippen molar-refractivity contribution in [3.05, 3.63) is 21.9 Å². The Kier molecular flexibility index (Phi) is 5.96. The van der Waals surface area contributed by atoms with Gasteiger partial charge in [-0.1, -0.05) is 20.3 Å². The molecule has 0 aliphatic carbocycles. The lowest BCUT2D eigenvalue weighted by atomic mass is 10.1. The zero-order chi connectivity index (χ0) is 16.2. The quantitative estimate of drug-likeness (QED) is 0.780. The maximum atomic E-state index is 12.7. The number of fused-ring (bicyclic) bond motifs is 1. The van der Waals surface area contributed by atoms with Crippen molar-refractivity contribution in [3.8, 4) is 0 Å². The molecule has 1 aliphatic heterocycles. The fraction of sp³-hybridized carbons (Fsp3) is 0.643. The Labute approximate surface area is 136 Å². The number of carbonyl (C=O) groups excluding carboxylic acids is 1. The maximum absolute atomic E-state index is 12.7. The van der Waals surface area contributed by atoms with Gasteiger partial charge in [-0.15, -0.1) is 11.3 Å². The summed E-state index contributed by atoms with van der Waals surface area (Å²) in [6, 6.07) is 1.34. The molecular weight excluding hydrogens is 322 g/mol. The third kappa shape index (κ3) is 4.28. The van der Waals surface area contributed by atoms with Gasteiger partial charge in [0.2, 0.25) is 5.91 Å². The maximum Gasteiger partial charge on any atom is 0.277 e. The fourth-order valence-corrected chi connectivity index (χ4v) is 4.54. The molecule has 6 nitrogen and oxygen atoms in total. The van der Waals surface area contributed by atoms with Crippen LogP contribution in [0, 0.1) is 0 Å². The van der Waals surface area contributed by atoms with Crippen molar-refractivity contribution in [3.63, 3.8) is 0 Å². The zero-order valence-electron chi connectivity index (χ0n) is 13.0. The summed E-state index contributed by atoms with van der Waals surface area (Å²) in [5, 5.41) is 2.04. The van der Waals surface area contributed by atoms with Crippen LogP contribution in [-0.2, 0) is 28.0 Å². The van der Waals surface area contributed by atoms with Crippen LogP contribution in [0.15, 0.2) is 11.4 Å². The van der Waals surface area contributed by atoms with Gasteiger partial charge in [0.1, 0.15) is 6.04 Å². The molecule has 124 valence electrons. The first-order chi connectivity index (χ1) is 10.5. The van der Waals surface area contributed by atoms with Gasteiger partial charge in [0.15, 0.2) is 0 Å². The van der Waals surface area contributed by atoms with Gasteiger partial charge in [0, 0.05) is 24.5 Å². The van der Waals surface area contributed by atoms with E-state index >= 15 is 0 Å². The standard InChI is InChI=1S/C14H23N3O3S2/c1-3-5-12(16-22(19,20)15-4-2)14(18)17-8-6-13-11(10-17)7-9-21-13/h7,9,12,15-16H,3-6,8,10H2,1-2H3/t12-/m0/s1. The number of hydrogen-bond acceptors (Lipinski definition) is 4. The largest absolute Gasteiger partial charge is 0.337 e. The number of carbonyl (C=O) groups is 1. The van der Waals surface area contributed by atoms with Crippen LogP contribution in [0.1, 0.15) is 37.1 Å². The van der Waals surface area contributed by atoms with E-state index in [0.717, 1.165) is 12.8 Å². The second kappa shape index (κ2) is 7.54. The lowest BCUT2D eigenvalue weighted by molar-refractivity contribution is -0.134. The van der Waals surface area contributed by atoms with Crippen molar-refractivity contribution in [1.29, 1.82) is 0 Å². The molecule has 0 aromatic carbocycles. The van der Waals surface area contributed by atoms with Gasteiger partial charge in [-0.25, -0.2) is 4.72 Å². The number of rotatable bonds is 7. The highest BCUT2D eigenvalue weighted by Gasteiger charge is 2.29. The topological polar surface area (TPSA) is 78.5 Å². The lowest BCUT2D eigenvalue weighted by Crippen LogP contribution is -2.52. The van der Waals surface area contributed by atoms with Crippen LogP contribution in [0.5, 0.6) is 0 Å². The Morgan fingerprint density at radius 3 is 2.91 bits per heavy atom. The highest BCUT2D eigenvalue weighted by molar-refractivity contribution is 7.87. The molecule has 0 saturated heterocycles. The van der Waals surface area contributed by atoms with Crippen LogP contribution < -0.4 is 9.44 Å².